The number of fused-ring (bicyclic) bond motifs is 2. The molecule has 0 amide bonds. The Morgan fingerprint density at radius 2 is 1.89 bits per heavy atom. The predicted molar refractivity (Wildman–Crippen MR) is 140 cm³/mol. The molecule has 2 bridgehead atoms. The number of ether oxygens (including phenoxy) is 4. The van der Waals surface area contributed by atoms with Crippen LogP contribution in [0.3, 0.4) is 0 Å². The highest BCUT2D eigenvalue weighted by molar-refractivity contribution is 7.11. The minimum Gasteiger partial charge on any atom is -0.465 e. The summed E-state index contributed by atoms with van der Waals surface area (Å²) in [5, 5.41) is 1.90. The van der Waals surface area contributed by atoms with E-state index in [2.05, 4.69) is 13.5 Å². The van der Waals surface area contributed by atoms with Gasteiger partial charge in [-0.2, -0.15) is 0 Å². The van der Waals surface area contributed by atoms with Gasteiger partial charge in [-0.3, -0.25) is 4.79 Å². The van der Waals surface area contributed by atoms with Crippen molar-refractivity contribution in [2.45, 2.75) is 90.6 Å². The normalized spacial score (nSPS) is 43.5. The van der Waals surface area contributed by atoms with Crippen molar-refractivity contribution < 1.29 is 28.5 Å². The van der Waals surface area contributed by atoms with Crippen LogP contribution in [0, 0.1) is 34.0 Å². The molecule has 6 fully saturated rings. The van der Waals surface area contributed by atoms with Gasteiger partial charge >= 0.3 is 11.9 Å². The summed E-state index contributed by atoms with van der Waals surface area (Å²) in [4.78, 5) is 25.6. The molecule has 6 nitrogen and oxygen atoms in total. The molecule has 2 heterocycles. The lowest BCUT2D eigenvalue weighted by atomic mass is 9.35. The fourth-order valence-electron chi connectivity index (χ4n) is 9.36. The molecule has 5 aliphatic carbocycles. The summed E-state index contributed by atoms with van der Waals surface area (Å²) in [5.74, 6) is -0.241. The van der Waals surface area contributed by atoms with Gasteiger partial charge in [-0.05, 0) is 87.1 Å². The average molecular weight is 529 g/mol. The van der Waals surface area contributed by atoms with Crippen LogP contribution in [0.15, 0.2) is 29.7 Å². The number of rotatable bonds is 5. The standard InChI is InChI=1S/C30H40O6S/c1-18-20-9-12-30-23(14-20)29(17-33-19(2)31)11-7-10-28(5,16-34-26(32)21-8-6-13-37-21)22(29)15-24(30)35-27(3,4)36-25(18)30/h6,8,13,20,22-25H,1,7,9-12,14-17H2,2-5H3/t20-,22?,23?,24+,25-,28-,29-,30+/m0/s1. The SMILES string of the molecule is C=C1[C@H]2CC[C@@]34C(C2)[C@]2(COC(C)=O)CCC[C@@](C)(COC(=O)c5cccs5)C2C[C@H]3OC(C)(C)O[C@@H]14. The van der Waals surface area contributed by atoms with Crippen LogP contribution in [0.25, 0.3) is 0 Å². The molecular weight excluding hydrogens is 488 g/mol. The van der Waals surface area contributed by atoms with E-state index in [1.807, 2.05) is 31.4 Å². The van der Waals surface area contributed by atoms with Gasteiger partial charge in [-0.1, -0.05) is 26.0 Å². The van der Waals surface area contributed by atoms with Crippen molar-refractivity contribution >= 4 is 23.3 Å². The number of carbonyl (C=O) groups excluding carboxylic acids is 2. The fraction of sp³-hybridized carbons (Fsp3) is 0.733. The van der Waals surface area contributed by atoms with Gasteiger partial charge < -0.3 is 18.9 Å². The van der Waals surface area contributed by atoms with Crippen LogP contribution >= 0.6 is 11.3 Å². The lowest BCUT2D eigenvalue weighted by molar-refractivity contribution is -0.397. The molecule has 6 aliphatic rings. The largest absolute Gasteiger partial charge is 0.465 e. The summed E-state index contributed by atoms with van der Waals surface area (Å²) in [6.45, 7) is 13.2. The number of hydrogen-bond donors (Lipinski definition) is 0. The fourth-order valence-corrected chi connectivity index (χ4v) is 9.98. The summed E-state index contributed by atoms with van der Waals surface area (Å²) in [6, 6.07) is 3.69. The van der Waals surface area contributed by atoms with Crippen molar-refractivity contribution in [3.8, 4) is 0 Å². The van der Waals surface area contributed by atoms with Crippen LogP contribution in [-0.4, -0.2) is 43.1 Å². The van der Waals surface area contributed by atoms with Gasteiger partial charge in [0, 0.05) is 23.2 Å². The minimum absolute atomic E-state index is 0.0289. The van der Waals surface area contributed by atoms with Gasteiger partial charge in [-0.25, -0.2) is 4.79 Å². The Hall–Kier alpha value is -1.70. The Labute approximate surface area is 224 Å². The lowest BCUT2D eigenvalue weighted by Crippen LogP contribution is -2.75. The molecule has 202 valence electrons. The molecule has 1 aromatic heterocycles. The molecule has 37 heavy (non-hydrogen) atoms. The number of esters is 2. The maximum Gasteiger partial charge on any atom is 0.348 e. The molecule has 8 atom stereocenters. The van der Waals surface area contributed by atoms with E-state index >= 15 is 0 Å². The zero-order valence-electron chi connectivity index (χ0n) is 22.5. The van der Waals surface area contributed by atoms with E-state index in [0.29, 0.717) is 29.9 Å². The molecule has 1 aliphatic heterocycles. The molecule has 0 radical (unpaired) electrons. The van der Waals surface area contributed by atoms with Gasteiger partial charge in [0.05, 0.1) is 25.4 Å². The van der Waals surface area contributed by atoms with E-state index in [9.17, 15) is 9.59 Å². The molecule has 0 N–H and O–H groups in total. The second-order valence-electron chi connectivity index (χ2n) is 13.1. The number of carbonyl (C=O) groups is 2. The van der Waals surface area contributed by atoms with E-state index in [1.165, 1.54) is 23.8 Å². The van der Waals surface area contributed by atoms with E-state index in [4.69, 9.17) is 18.9 Å². The van der Waals surface area contributed by atoms with E-state index in [1.54, 1.807) is 0 Å². The highest BCUT2D eigenvalue weighted by Crippen LogP contribution is 2.74. The van der Waals surface area contributed by atoms with E-state index < -0.39 is 5.79 Å². The third kappa shape index (κ3) is 3.78. The first-order chi connectivity index (χ1) is 17.5. The smallest absolute Gasteiger partial charge is 0.348 e. The first-order valence-electron chi connectivity index (χ1n) is 13.9. The highest BCUT2D eigenvalue weighted by Gasteiger charge is 2.74. The summed E-state index contributed by atoms with van der Waals surface area (Å²) in [7, 11) is 0. The predicted octanol–water partition coefficient (Wildman–Crippen LogP) is 6.16. The van der Waals surface area contributed by atoms with Gasteiger partial charge in [0.1, 0.15) is 4.88 Å². The Kier molecular flexibility index (Phi) is 5.98. The first-order valence-corrected chi connectivity index (χ1v) is 14.8. The van der Waals surface area contributed by atoms with Gasteiger partial charge in [0.25, 0.3) is 0 Å². The summed E-state index contributed by atoms with van der Waals surface area (Å²) < 4.78 is 25.4. The molecule has 0 aromatic carbocycles. The summed E-state index contributed by atoms with van der Waals surface area (Å²) in [6.07, 6.45) is 7.09. The minimum atomic E-state index is -0.682. The summed E-state index contributed by atoms with van der Waals surface area (Å²) in [5.41, 5.74) is 0.649. The molecule has 1 saturated heterocycles. The van der Waals surface area contributed by atoms with E-state index in [-0.39, 0.29) is 46.3 Å². The van der Waals surface area contributed by atoms with Crippen LogP contribution in [-0.2, 0) is 23.7 Å². The Morgan fingerprint density at radius 3 is 2.62 bits per heavy atom. The Balaban J connectivity index is 1.40. The van der Waals surface area contributed by atoms with Crippen molar-refractivity contribution in [1.82, 2.24) is 0 Å². The zero-order chi connectivity index (χ0) is 26.2. The molecule has 2 unspecified atom stereocenters. The van der Waals surface area contributed by atoms with Gasteiger partial charge in [0.15, 0.2) is 5.79 Å². The van der Waals surface area contributed by atoms with Crippen molar-refractivity contribution in [3.63, 3.8) is 0 Å². The third-order valence-corrected chi connectivity index (χ3v) is 11.6. The molecule has 7 rings (SSSR count). The maximum absolute atomic E-state index is 12.8. The highest BCUT2D eigenvalue weighted by atomic mass is 32.1. The Morgan fingerprint density at radius 1 is 1.08 bits per heavy atom. The quantitative estimate of drug-likeness (QED) is 0.337. The third-order valence-electron chi connectivity index (χ3n) is 10.7. The second kappa shape index (κ2) is 8.65. The molecule has 7 heteroatoms. The Bertz CT molecular complexity index is 1100. The monoisotopic (exact) mass is 528 g/mol. The van der Waals surface area contributed by atoms with Crippen molar-refractivity contribution in [2.24, 2.45) is 34.0 Å². The average Bonchev–Trinajstić information content (AvgIpc) is 3.39. The van der Waals surface area contributed by atoms with Crippen molar-refractivity contribution in [1.29, 1.82) is 0 Å². The lowest BCUT2D eigenvalue weighted by Gasteiger charge is -2.74. The topological polar surface area (TPSA) is 71.1 Å². The summed E-state index contributed by atoms with van der Waals surface area (Å²) >= 11 is 1.41. The van der Waals surface area contributed by atoms with Crippen LogP contribution < -0.4 is 0 Å². The zero-order valence-corrected chi connectivity index (χ0v) is 23.4. The molecular formula is C30H40O6S. The van der Waals surface area contributed by atoms with Crippen LogP contribution in [0.1, 0.15) is 82.3 Å². The molecule has 1 spiro atoms. The molecule has 1 aromatic rings. The van der Waals surface area contributed by atoms with Crippen molar-refractivity contribution in [2.75, 3.05) is 13.2 Å². The van der Waals surface area contributed by atoms with Crippen molar-refractivity contribution in [3.05, 3.63) is 34.5 Å². The number of hydrogen-bond acceptors (Lipinski definition) is 7. The molecule has 5 saturated carbocycles. The number of thiophene rings is 1. The van der Waals surface area contributed by atoms with Gasteiger partial charge in [-0.15, -0.1) is 11.3 Å². The second-order valence-corrected chi connectivity index (χ2v) is 14.0. The van der Waals surface area contributed by atoms with E-state index in [0.717, 1.165) is 44.9 Å². The van der Waals surface area contributed by atoms with Crippen LogP contribution in [0.2, 0.25) is 0 Å². The van der Waals surface area contributed by atoms with Crippen LogP contribution in [0.5, 0.6) is 0 Å². The first kappa shape index (κ1) is 25.6. The van der Waals surface area contributed by atoms with Crippen LogP contribution in [0.4, 0.5) is 0 Å². The maximum atomic E-state index is 12.8. The van der Waals surface area contributed by atoms with Gasteiger partial charge in [0.2, 0.25) is 0 Å².